The van der Waals surface area contributed by atoms with Gasteiger partial charge in [-0.05, 0) is 55.9 Å². The van der Waals surface area contributed by atoms with Gasteiger partial charge in [-0.15, -0.1) is 0 Å². The predicted molar refractivity (Wildman–Crippen MR) is 121 cm³/mol. The van der Waals surface area contributed by atoms with Gasteiger partial charge in [0.25, 0.3) is 0 Å². The van der Waals surface area contributed by atoms with E-state index in [1.54, 1.807) is 6.20 Å². The van der Waals surface area contributed by atoms with Gasteiger partial charge in [0.15, 0.2) is 0 Å². The zero-order valence-electron chi connectivity index (χ0n) is 18.3. The van der Waals surface area contributed by atoms with Crippen molar-refractivity contribution >= 4 is 17.8 Å². The van der Waals surface area contributed by atoms with E-state index in [1.807, 2.05) is 48.2 Å². The molecular formula is C24H32N4O3. The van der Waals surface area contributed by atoms with Crippen molar-refractivity contribution in [3.8, 4) is 0 Å². The average Bonchev–Trinajstić information content (AvgIpc) is 2.94. The molecule has 0 saturated carbocycles. The Morgan fingerprint density at radius 3 is 2.81 bits per heavy atom. The van der Waals surface area contributed by atoms with E-state index in [0.717, 1.165) is 29.8 Å². The molecule has 0 aliphatic carbocycles. The molecule has 7 heteroatoms. The Kier molecular flexibility index (Phi) is 8.27. The molecule has 2 heterocycles. The number of pyridine rings is 1. The van der Waals surface area contributed by atoms with E-state index in [1.165, 1.54) is 0 Å². The second-order valence-corrected chi connectivity index (χ2v) is 7.90. The van der Waals surface area contributed by atoms with Crippen LogP contribution in [0.3, 0.4) is 0 Å². The molecule has 2 unspecified atom stereocenters. The summed E-state index contributed by atoms with van der Waals surface area (Å²) < 4.78 is 5.15. The van der Waals surface area contributed by atoms with Crippen LogP contribution in [0.4, 0.5) is 10.6 Å². The third kappa shape index (κ3) is 6.70. The van der Waals surface area contributed by atoms with Crippen LogP contribution in [0.5, 0.6) is 0 Å². The minimum absolute atomic E-state index is 0.0654. The first-order chi connectivity index (χ1) is 15.1. The molecule has 3 rings (SSSR count). The number of fused-ring (bicyclic) bond motifs is 1. The van der Waals surface area contributed by atoms with Crippen LogP contribution in [0.15, 0.2) is 48.7 Å². The van der Waals surface area contributed by atoms with Crippen molar-refractivity contribution in [2.45, 2.75) is 51.6 Å². The summed E-state index contributed by atoms with van der Waals surface area (Å²) in [5, 5.41) is 6.37. The molecule has 2 amide bonds. The Balaban J connectivity index is 1.53. The van der Waals surface area contributed by atoms with Crippen LogP contribution in [-0.4, -0.2) is 47.6 Å². The Morgan fingerprint density at radius 2 is 2.03 bits per heavy atom. The Hall–Kier alpha value is -3.09. The third-order valence-electron chi connectivity index (χ3n) is 5.52. The molecule has 0 saturated heterocycles. The molecule has 166 valence electrons. The minimum atomic E-state index is -0.186. The summed E-state index contributed by atoms with van der Waals surface area (Å²) in [6.07, 6.45) is 3.62. The highest BCUT2D eigenvalue weighted by molar-refractivity contribution is 5.74. The van der Waals surface area contributed by atoms with E-state index < -0.39 is 0 Å². The lowest BCUT2D eigenvalue weighted by atomic mass is 9.90. The van der Waals surface area contributed by atoms with E-state index >= 15 is 0 Å². The van der Waals surface area contributed by atoms with Crippen molar-refractivity contribution in [1.29, 1.82) is 0 Å². The van der Waals surface area contributed by atoms with Gasteiger partial charge in [0.2, 0.25) is 0 Å². The fraction of sp³-hybridized carbons (Fsp3) is 0.458. The highest BCUT2D eigenvalue weighted by Crippen LogP contribution is 2.31. The molecule has 2 aromatic rings. The molecule has 2 N–H and O–H groups in total. The van der Waals surface area contributed by atoms with Gasteiger partial charge < -0.3 is 20.3 Å². The maximum atomic E-state index is 12.8. The lowest BCUT2D eigenvalue weighted by Crippen LogP contribution is -2.41. The summed E-state index contributed by atoms with van der Waals surface area (Å²) in [5.74, 6) is 0.711. The van der Waals surface area contributed by atoms with Crippen LogP contribution in [0, 0.1) is 0 Å². The molecule has 7 nitrogen and oxygen atoms in total. The van der Waals surface area contributed by atoms with E-state index in [9.17, 15) is 9.59 Å². The standard InChI is InChI=1S/C24H32N4O3/c1-3-31-23(29)16-19-12-15-28(17-20-8-4-5-9-21(19)20)24(30)26-14-11-18(2)27-22-10-6-7-13-25-22/h4-10,13,18-19H,3,11-12,14-17H2,1-2H3,(H,25,27)(H,26,30). The van der Waals surface area contributed by atoms with Gasteiger partial charge in [-0.1, -0.05) is 30.3 Å². The molecule has 0 spiro atoms. The molecular weight excluding hydrogens is 392 g/mol. The zero-order valence-corrected chi connectivity index (χ0v) is 18.3. The number of ether oxygens (including phenoxy) is 1. The molecule has 2 atom stereocenters. The number of hydrogen-bond donors (Lipinski definition) is 2. The van der Waals surface area contributed by atoms with E-state index in [0.29, 0.717) is 32.7 Å². The lowest BCUT2D eigenvalue weighted by molar-refractivity contribution is -0.143. The third-order valence-corrected chi connectivity index (χ3v) is 5.52. The number of anilines is 1. The molecule has 0 fully saturated rings. The Labute approximate surface area is 184 Å². The molecule has 31 heavy (non-hydrogen) atoms. The number of aromatic nitrogens is 1. The molecule has 0 bridgehead atoms. The highest BCUT2D eigenvalue weighted by atomic mass is 16.5. The number of hydrogen-bond acceptors (Lipinski definition) is 5. The lowest BCUT2D eigenvalue weighted by Gasteiger charge is -2.22. The summed E-state index contributed by atoms with van der Waals surface area (Å²) in [5.41, 5.74) is 2.23. The molecule has 1 aromatic carbocycles. The first kappa shape index (κ1) is 22.6. The number of esters is 1. The van der Waals surface area contributed by atoms with Crippen LogP contribution in [0.2, 0.25) is 0 Å². The van der Waals surface area contributed by atoms with Crippen molar-refractivity contribution in [3.05, 3.63) is 59.8 Å². The van der Waals surface area contributed by atoms with Crippen molar-refractivity contribution in [2.24, 2.45) is 0 Å². The van der Waals surface area contributed by atoms with Crippen molar-refractivity contribution in [2.75, 3.05) is 25.0 Å². The van der Waals surface area contributed by atoms with Crippen LogP contribution < -0.4 is 10.6 Å². The summed E-state index contributed by atoms with van der Waals surface area (Å²) in [4.78, 5) is 31.0. The Bertz CT molecular complexity index is 859. The second-order valence-electron chi connectivity index (χ2n) is 7.90. The van der Waals surface area contributed by atoms with Crippen LogP contribution in [-0.2, 0) is 16.1 Å². The van der Waals surface area contributed by atoms with E-state index in [-0.39, 0.29) is 24.0 Å². The highest BCUT2D eigenvalue weighted by Gasteiger charge is 2.26. The zero-order chi connectivity index (χ0) is 22.1. The van der Waals surface area contributed by atoms with Crippen molar-refractivity contribution in [3.63, 3.8) is 0 Å². The van der Waals surface area contributed by atoms with Gasteiger partial charge >= 0.3 is 12.0 Å². The number of nitrogens with one attached hydrogen (secondary N) is 2. The first-order valence-electron chi connectivity index (χ1n) is 11.0. The molecule has 1 aliphatic heterocycles. The molecule has 0 radical (unpaired) electrons. The van der Waals surface area contributed by atoms with Crippen molar-refractivity contribution in [1.82, 2.24) is 15.2 Å². The summed E-state index contributed by atoms with van der Waals surface area (Å²) in [6, 6.07) is 13.9. The number of benzene rings is 1. The van der Waals surface area contributed by atoms with E-state index in [2.05, 4.69) is 28.6 Å². The summed E-state index contributed by atoms with van der Waals surface area (Å²) in [6.45, 7) is 6.00. The predicted octanol–water partition coefficient (Wildman–Crippen LogP) is 3.92. The number of urea groups is 1. The van der Waals surface area contributed by atoms with Crippen LogP contribution >= 0.6 is 0 Å². The normalized spacial score (nSPS) is 16.6. The number of carbonyl (C=O) groups is 2. The summed E-state index contributed by atoms with van der Waals surface area (Å²) >= 11 is 0. The minimum Gasteiger partial charge on any atom is -0.466 e. The number of nitrogens with zero attached hydrogens (tertiary/aromatic N) is 2. The smallest absolute Gasteiger partial charge is 0.317 e. The van der Waals surface area contributed by atoms with Crippen molar-refractivity contribution < 1.29 is 14.3 Å². The topological polar surface area (TPSA) is 83.6 Å². The number of carbonyl (C=O) groups excluding carboxylic acids is 2. The van der Waals surface area contributed by atoms with Crippen LogP contribution in [0.1, 0.15) is 50.2 Å². The monoisotopic (exact) mass is 424 g/mol. The second kappa shape index (κ2) is 11.3. The Morgan fingerprint density at radius 1 is 1.23 bits per heavy atom. The quantitative estimate of drug-likeness (QED) is 0.628. The average molecular weight is 425 g/mol. The summed E-state index contributed by atoms with van der Waals surface area (Å²) in [7, 11) is 0. The van der Waals surface area contributed by atoms with Gasteiger partial charge in [0.05, 0.1) is 13.0 Å². The van der Waals surface area contributed by atoms with Crippen LogP contribution in [0.25, 0.3) is 0 Å². The fourth-order valence-electron chi connectivity index (χ4n) is 3.91. The van der Waals surface area contributed by atoms with E-state index in [4.69, 9.17) is 4.74 Å². The number of amides is 2. The maximum Gasteiger partial charge on any atom is 0.317 e. The van der Waals surface area contributed by atoms with Gasteiger partial charge in [-0.25, -0.2) is 9.78 Å². The fourth-order valence-corrected chi connectivity index (χ4v) is 3.91. The number of rotatable bonds is 8. The SMILES string of the molecule is CCOC(=O)CC1CCN(C(=O)NCCC(C)Nc2ccccn2)Cc2ccccc21. The van der Waals surface area contributed by atoms with Gasteiger partial charge in [0, 0.05) is 31.9 Å². The molecule has 1 aromatic heterocycles. The maximum absolute atomic E-state index is 12.8. The van der Waals surface area contributed by atoms with Gasteiger partial charge in [-0.3, -0.25) is 4.79 Å². The van der Waals surface area contributed by atoms with Gasteiger partial charge in [-0.2, -0.15) is 0 Å². The largest absolute Gasteiger partial charge is 0.466 e. The first-order valence-corrected chi connectivity index (χ1v) is 11.0. The molecule has 1 aliphatic rings. The van der Waals surface area contributed by atoms with Gasteiger partial charge in [0.1, 0.15) is 5.82 Å².